The summed E-state index contributed by atoms with van der Waals surface area (Å²) in [6.07, 6.45) is 0. The van der Waals surface area contributed by atoms with Crippen LogP contribution in [0.5, 0.6) is 0 Å². The fraction of sp³-hybridized carbons (Fsp3) is 0.0526. The topological polar surface area (TPSA) is 20.2 Å². The Bertz CT molecular complexity index is 684. The van der Waals surface area contributed by atoms with Gasteiger partial charge < -0.3 is 5.11 Å². The smallest absolute Gasteiger partial charge is 0.0681 e. The van der Waals surface area contributed by atoms with Crippen LogP contribution in [0, 0.1) is 0 Å². The molecule has 1 heteroatoms. The summed E-state index contributed by atoms with van der Waals surface area (Å²) in [4.78, 5) is 0. The molecule has 0 aromatic heterocycles. The van der Waals surface area contributed by atoms with Gasteiger partial charge in [0.05, 0.1) is 6.61 Å². The second-order valence-electron chi connectivity index (χ2n) is 4.77. The summed E-state index contributed by atoms with van der Waals surface area (Å²) in [6, 6.07) is 26.9. The van der Waals surface area contributed by atoms with Gasteiger partial charge in [-0.2, -0.15) is 0 Å². The van der Waals surface area contributed by atoms with Gasteiger partial charge in [0, 0.05) is 0 Å². The highest BCUT2D eigenvalue weighted by atomic mass is 16.3. The number of benzene rings is 3. The van der Waals surface area contributed by atoms with Gasteiger partial charge in [0.25, 0.3) is 0 Å². The standard InChI is InChI=1S/C19H16O/c20-14-15-10-12-17(13-11-15)19-9-5-4-8-18(19)16-6-2-1-3-7-16/h1-13,20H,14H2. The molecule has 98 valence electrons. The molecule has 3 rings (SSSR count). The Morgan fingerprint density at radius 1 is 0.550 bits per heavy atom. The first-order valence-corrected chi connectivity index (χ1v) is 6.73. The van der Waals surface area contributed by atoms with Crippen molar-refractivity contribution in [2.24, 2.45) is 0 Å². The first kappa shape index (κ1) is 12.6. The fourth-order valence-electron chi connectivity index (χ4n) is 2.39. The van der Waals surface area contributed by atoms with Crippen molar-refractivity contribution < 1.29 is 5.11 Å². The first-order chi connectivity index (χ1) is 9.88. The van der Waals surface area contributed by atoms with Crippen LogP contribution in [-0.2, 0) is 6.61 Å². The molecule has 0 fully saturated rings. The maximum atomic E-state index is 9.13. The molecule has 0 spiro atoms. The van der Waals surface area contributed by atoms with E-state index in [-0.39, 0.29) is 6.61 Å². The Balaban J connectivity index is 2.10. The SMILES string of the molecule is OCc1ccc(-c2ccccc2-c2ccccc2)cc1. The van der Waals surface area contributed by atoms with Crippen molar-refractivity contribution in [3.05, 3.63) is 84.4 Å². The quantitative estimate of drug-likeness (QED) is 0.734. The second-order valence-corrected chi connectivity index (χ2v) is 4.77. The molecule has 1 N–H and O–H groups in total. The Labute approximate surface area is 119 Å². The van der Waals surface area contributed by atoms with E-state index >= 15 is 0 Å². The lowest BCUT2D eigenvalue weighted by Gasteiger charge is -2.10. The summed E-state index contributed by atoms with van der Waals surface area (Å²) in [6.45, 7) is 0.0839. The van der Waals surface area contributed by atoms with Crippen molar-refractivity contribution in [1.82, 2.24) is 0 Å². The van der Waals surface area contributed by atoms with Crippen LogP contribution >= 0.6 is 0 Å². The predicted octanol–water partition coefficient (Wildman–Crippen LogP) is 4.51. The largest absolute Gasteiger partial charge is 0.392 e. The van der Waals surface area contributed by atoms with Crippen LogP contribution < -0.4 is 0 Å². The molecule has 0 saturated carbocycles. The van der Waals surface area contributed by atoms with Gasteiger partial charge in [-0.15, -0.1) is 0 Å². The van der Waals surface area contributed by atoms with Crippen molar-refractivity contribution >= 4 is 0 Å². The molecule has 0 radical (unpaired) electrons. The van der Waals surface area contributed by atoms with Crippen LogP contribution in [0.2, 0.25) is 0 Å². The molecule has 0 aliphatic heterocycles. The molecule has 0 unspecified atom stereocenters. The van der Waals surface area contributed by atoms with Crippen LogP contribution in [0.1, 0.15) is 5.56 Å². The maximum Gasteiger partial charge on any atom is 0.0681 e. The Kier molecular flexibility index (Phi) is 3.62. The zero-order chi connectivity index (χ0) is 13.8. The molecular weight excluding hydrogens is 244 g/mol. The summed E-state index contributed by atoms with van der Waals surface area (Å²) in [5.74, 6) is 0. The molecular formula is C19H16O. The highest BCUT2D eigenvalue weighted by molar-refractivity contribution is 5.83. The Morgan fingerprint density at radius 3 is 1.60 bits per heavy atom. The van der Waals surface area contributed by atoms with E-state index in [1.165, 1.54) is 22.3 Å². The van der Waals surface area contributed by atoms with Gasteiger partial charge in [-0.05, 0) is 27.8 Å². The van der Waals surface area contributed by atoms with Crippen LogP contribution in [0.15, 0.2) is 78.9 Å². The van der Waals surface area contributed by atoms with E-state index in [9.17, 15) is 0 Å². The van der Waals surface area contributed by atoms with Crippen LogP contribution in [0.25, 0.3) is 22.3 Å². The minimum absolute atomic E-state index is 0.0839. The third kappa shape index (κ3) is 2.49. The zero-order valence-corrected chi connectivity index (χ0v) is 11.2. The van der Waals surface area contributed by atoms with E-state index < -0.39 is 0 Å². The third-order valence-corrected chi connectivity index (χ3v) is 3.46. The maximum absolute atomic E-state index is 9.13. The monoisotopic (exact) mass is 260 g/mol. The van der Waals surface area contributed by atoms with E-state index in [0.717, 1.165) is 5.56 Å². The summed E-state index contributed by atoms with van der Waals surface area (Å²) in [5.41, 5.74) is 5.76. The lowest BCUT2D eigenvalue weighted by Crippen LogP contribution is -1.86. The van der Waals surface area contributed by atoms with Gasteiger partial charge in [0.15, 0.2) is 0 Å². The van der Waals surface area contributed by atoms with Gasteiger partial charge in [-0.25, -0.2) is 0 Å². The van der Waals surface area contributed by atoms with E-state index in [2.05, 4.69) is 60.7 Å². The predicted molar refractivity (Wildman–Crippen MR) is 83.2 cm³/mol. The molecule has 0 aliphatic carbocycles. The number of hydrogen-bond donors (Lipinski definition) is 1. The highest BCUT2D eigenvalue weighted by Gasteiger charge is 2.06. The van der Waals surface area contributed by atoms with Gasteiger partial charge in [0.2, 0.25) is 0 Å². The van der Waals surface area contributed by atoms with Crippen LogP contribution in [0.4, 0.5) is 0 Å². The summed E-state index contributed by atoms with van der Waals surface area (Å²) in [7, 11) is 0. The number of hydrogen-bond acceptors (Lipinski definition) is 1. The second kappa shape index (κ2) is 5.72. The molecule has 0 atom stereocenters. The zero-order valence-electron chi connectivity index (χ0n) is 11.2. The summed E-state index contributed by atoms with van der Waals surface area (Å²) < 4.78 is 0. The van der Waals surface area contributed by atoms with E-state index in [1.54, 1.807) is 0 Å². The number of aliphatic hydroxyl groups is 1. The Morgan fingerprint density at radius 2 is 1.05 bits per heavy atom. The lowest BCUT2D eigenvalue weighted by molar-refractivity contribution is 0.282. The van der Waals surface area contributed by atoms with Crippen LogP contribution in [0.3, 0.4) is 0 Å². The lowest BCUT2D eigenvalue weighted by atomic mass is 9.94. The third-order valence-electron chi connectivity index (χ3n) is 3.46. The van der Waals surface area contributed by atoms with Crippen molar-refractivity contribution in [1.29, 1.82) is 0 Å². The van der Waals surface area contributed by atoms with Crippen molar-refractivity contribution in [2.75, 3.05) is 0 Å². The molecule has 1 nitrogen and oxygen atoms in total. The highest BCUT2D eigenvalue weighted by Crippen LogP contribution is 2.31. The average molecular weight is 260 g/mol. The minimum Gasteiger partial charge on any atom is -0.392 e. The Hall–Kier alpha value is -2.38. The minimum atomic E-state index is 0.0839. The van der Waals surface area contributed by atoms with Crippen molar-refractivity contribution in [2.45, 2.75) is 6.61 Å². The van der Waals surface area contributed by atoms with Crippen LogP contribution in [-0.4, -0.2) is 5.11 Å². The molecule has 0 heterocycles. The summed E-state index contributed by atoms with van der Waals surface area (Å²) >= 11 is 0. The van der Waals surface area contributed by atoms with E-state index in [4.69, 9.17) is 5.11 Å². The molecule has 0 bridgehead atoms. The molecule has 3 aromatic carbocycles. The van der Waals surface area contributed by atoms with E-state index in [0.29, 0.717) is 0 Å². The number of aliphatic hydroxyl groups excluding tert-OH is 1. The molecule has 0 saturated heterocycles. The first-order valence-electron chi connectivity index (χ1n) is 6.73. The normalized spacial score (nSPS) is 10.4. The molecule has 3 aromatic rings. The van der Waals surface area contributed by atoms with E-state index in [1.807, 2.05) is 18.2 Å². The van der Waals surface area contributed by atoms with Gasteiger partial charge in [-0.3, -0.25) is 0 Å². The van der Waals surface area contributed by atoms with Gasteiger partial charge in [0.1, 0.15) is 0 Å². The van der Waals surface area contributed by atoms with Crippen molar-refractivity contribution in [3.8, 4) is 22.3 Å². The van der Waals surface area contributed by atoms with Gasteiger partial charge in [-0.1, -0.05) is 78.9 Å². The molecule has 0 amide bonds. The molecule has 20 heavy (non-hydrogen) atoms. The number of rotatable bonds is 3. The fourth-order valence-corrected chi connectivity index (χ4v) is 2.39. The summed E-state index contributed by atoms with van der Waals surface area (Å²) in [5, 5.41) is 9.13. The van der Waals surface area contributed by atoms with Gasteiger partial charge >= 0.3 is 0 Å². The average Bonchev–Trinajstić information content (AvgIpc) is 2.56. The molecule has 0 aliphatic rings. The van der Waals surface area contributed by atoms with Crippen molar-refractivity contribution in [3.63, 3.8) is 0 Å².